The summed E-state index contributed by atoms with van der Waals surface area (Å²) in [5.41, 5.74) is -1.21. The Morgan fingerprint density at radius 2 is 1.13 bits per heavy atom. The normalized spacial score (nSPS) is 20.3. The summed E-state index contributed by atoms with van der Waals surface area (Å²) in [5, 5.41) is 0. The summed E-state index contributed by atoms with van der Waals surface area (Å²) in [6.07, 6.45) is -3.54. The molecule has 8 rings (SSSR count). The number of hydrogen-bond donors (Lipinski definition) is 2. The van der Waals surface area contributed by atoms with Crippen LogP contribution in [0.1, 0.15) is 53.1 Å². The van der Waals surface area contributed by atoms with Crippen LogP contribution in [0.4, 0.5) is 0 Å². The van der Waals surface area contributed by atoms with Gasteiger partial charge in [0.05, 0.1) is 20.8 Å². The SMILES string of the molecule is COc1ccc(C(OC[C@H]2O[C@@H](n3cc(C)c(=O)[nH]c3=O)C[C@@H]2O[P+](=O)OC[C@H]2O[C@@H](n3cc(C)c(=O)[nH]c3=O)C[C@@H]2OC(=O)COc2ccccc2)(c2ccccc2)c2ccc(OC)cc2)cc1. The van der Waals surface area contributed by atoms with Crippen LogP contribution in [0.2, 0.25) is 0 Å². The molecule has 0 amide bonds. The number of benzene rings is 4. The second-order valence-corrected chi connectivity index (χ2v) is 17.2. The Labute approximate surface area is 395 Å². The second kappa shape index (κ2) is 21.5. The molecule has 2 saturated heterocycles. The lowest BCUT2D eigenvalue weighted by Gasteiger charge is -2.37. The summed E-state index contributed by atoms with van der Waals surface area (Å²) in [6.45, 7) is 1.99. The van der Waals surface area contributed by atoms with E-state index in [0.717, 1.165) is 16.7 Å². The molecule has 6 aromatic rings. The summed E-state index contributed by atoms with van der Waals surface area (Å²) < 4.78 is 70.4. The molecule has 2 aliphatic rings. The molecule has 2 fully saturated rings. The van der Waals surface area contributed by atoms with Crippen molar-refractivity contribution in [1.82, 2.24) is 19.1 Å². The molecule has 7 atom stereocenters. The zero-order valence-electron chi connectivity index (χ0n) is 38.0. The van der Waals surface area contributed by atoms with Crippen LogP contribution in [0.15, 0.2) is 141 Å². The first-order valence-electron chi connectivity index (χ1n) is 21.9. The zero-order valence-corrected chi connectivity index (χ0v) is 38.9. The van der Waals surface area contributed by atoms with E-state index in [1.165, 1.54) is 28.5 Å². The fourth-order valence-electron chi connectivity index (χ4n) is 8.30. The maximum absolute atomic E-state index is 14.0. The molecule has 0 radical (unpaired) electrons. The first-order valence-corrected chi connectivity index (χ1v) is 23.0. The van der Waals surface area contributed by atoms with Crippen LogP contribution in [0.25, 0.3) is 0 Å². The lowest BCUT2D eigenvalue weighted by molar-refractivity contribution is -0.155. The van der Waals surface area contributed by atoms with Crippen molar-refractivity contribution in [2.24, 2.45) is 0 Å². The number of nitrogens with one attached hydrogen (secondary N) is 2. The summed E-state index contributed by atoms with van der Waals surface area (Å²) >= 11 is 0. The van der Waals surface area contributed by atoms with Gasteiger partial charge in [-0.1, -0.05) is 72.8 Å². The number of ether oxygens (including phenoxy) is 7. The zero-order chi connectivity index (χ0) is 48.7. The number of aromatic nitrogens is 4. The molecule has 2 N–H and O–H groups in total. The molecule has 4 aromatic carbocycles. The third-order valence-electron chi connectivity index (χ3n) is 11.9. The van der Waals surface area contributed by atoms with Gasteiger partial charge in [0.25, 0.3) is 11.1 Å². The molecule has 19 nitrogen and oxygen atoms in total. The minimum Gasteiger partial charge on any atom is -0.497 e. The standard InChI is InChI=1S/C49H49N4O15P/c1-30-25-52(47(57)50-45(30)55)42-23-38(67-44(54)29-62-37-13-9-6-10-14-37)41(66-42)28-64-69(59)68-39-24-43(53-26-31(2)46(56)51-48(53)58)65-40(39)27-63-49(32-11-7-5-8-12-32,33-15-19-35(60-3)20-16-33)34-17-21-36(61-4)22-18-34/h5-22,25-26,38-43H,23-24,27-29H2,1-4H3,(H-,50,51,55,56,57,58)/p+1/t38-,39-,40+,41+,42+,43+/m0/s1. The van der Waals surface area contributed by atoms with Gasteiger partial charge in [-0.2, -0.15) is 0 Å². The van der Waals surface area contributed by atoms with E-state index in [-0.39, 0.29) is 30.6 Å². The molecule has 2 aliphatic heterocycles. The van der Waals surface area contributed by atoms with Crippen LogP contribution in [-0.2, 0) is 43.0 Å². The lowest BCUT2D eigenvalue weighted by Crippen LogP contribution is -2.38. The Balaban J connectivity index is 1.06. The average molecular weight is 966 g/mol. The molecule has 0 saturated carbocycles. The monoisotopic (exact) mass is 965 g/mol. The molecule has 0 bridgehead atoms. The highest BCUT2D eigenvalue weighted by atomic mass is 31.1. The predicted molar refractivity (Wildman–Crippen MR) is 248 cm³/mol. The summed E-state index contributed by atoms with van der Waals surface area (Å²) in [5.74, 6) is 0.937. The summed E-state index contributed by atoms with van der Waals surface area (Å²) in [6, 6.07) is 33.0. The van der Waals surface area contributed by atoms with Gasteiger partial charge in [0, 0.05) is 40.9 Å². The number of aryl methyl sites for hydroxylation is 2. The van der Waals surface area contributed by atoms with Gasteiger partial charge in [0.2, 0.25) is 0 Å². The lowest BCUT2D eigenvalue weighted by atomic mass is 9.80. The molecular formula is C49H50N4O15P+. The van der Waals surface area contributed by atoms with E-state index in [1.54, 1.807) is 51.5 Å². The molecule has 69 heavy (non-hydrogen) atoms. The summed E-state index contributed by atoms with van der Waals surface area (Å²) in [4.78, 5) is 68.3. The van der Waals surface area contributed by atoms with Crippen molar-refractivity contribution < 1.29 is 51.6 Å². The molecule has 360 valence electrons. The van der Waals surface area contributed by atoms with E-state index in [9.17, 15) is 28.5 Å². The Morgan fingerprint density at radius 3 is 1.65 bits per heavy atom. The van der Waals surface area contributed by atoms with E-state index < -0.39 is 92.4 Å². The van der Waals surface area contributed by atoms with Crippen molar-refractivity contribution in [3.05, 3.63) is 191 Å². The number of aromatic amines is 2. The maximum atomic E-state index is 14.0. The van der Waals surface area contributed by atoms with Crippen LogP contribution in [0, 0.1) is 13.8 Å². The van der Waals surface area contributed by atoms with Crippen molar-refractivity contribution in [3.63, 3.8) is 0 Å². The van der Waals surface area contributed by atoms with Crippen molar-refractivity contribution in [3.8, 4) is 17.2 Å². The van der Waals surface area contributed by atoms with Crippen molar-refractivity contribution in [1.29, 1.82) is 0 Å². The number of carbonyl (C=O) groups is 1. The average Bonchev–Trinajstić information content (AvgIpc) is 3.96. The number of rotatable bonds is 19. The van der Waals surface area contributed by atoms with Gasteiger partial charge >= 0.3 is 25.6 Å². The Kier molecular flexibility index (Phi) is 15.1. The molecule has 2 aromatic heterocycles. The minimum atomic E-state index is -3.00. The van der Waals surface area contributed by atoms with E-state index >= 15 is 0 Å². The third-order valence-corrected chi connectivity index (χ3v) is 12.7. The van der Waals surface area contributed by atoms with Gasteiger partial charge < -0.3 is 33.2 Å². The largest absolute Gasteiger partial charge is 0.697 e. The number of nitrogens with zero attached hydrogens (tertiary/aromatic N) is 2. The van der Waals surface area contributed by atoms with Crippen molar-refractivity contribution >= 4 is 14.2 Å². The third kappa shape index (κ3) is 11.0. The Hall–Kier alpha value is -6.99. The molecule has 4 heterocycles. The van der Waals surface area contributed by atoms with Gasteiger partial charge in [0.15, 0.2) is 6.61 Å². The number of H-pyrrole nitrogens is 2. The first kappa shape index (κ1) is 48.5. The highest BCUT2D eigenvalue weighted by Crippen LogP contribution is 2.44. The molecule has 0 aliphatic carbocycles. The number of esters is 1. The fourth-order valence-corrected chi connectivity index (χ4v) is 9.07. The quantitative estimate of drug-likeness (QED) is 0.0592. The highest BCUT2D eigenvalue weighted by molar-refractivity contribution is 7.33. The van der Waals surface area contributed by atoms with E-state index in [4.69, 9.17) is 42.2 Å². The Morgan fingerprint density at radius 1 is 0.652 bits per heavy atom. The number of methoxy groups -OCH3 is 2. The van der Waals surface area contributed by atoms with Crippen molar-refractivity contribution in [2.75, 3.05) is 34.0 Å². The fraction of sp³-hybridized carbons (Fsp3) is 0.327. The topological polar surface area (TPSA) is 227 Å². The van der Waals surface area contributed by atoms with E-state index in [1.807, 2.05) is 78.9 Å². The van der Waals surface area contributed by atoms with Crippen LogP contribution in [0.5, 0.6) is 17.2 Å². The van der Waals surface area contributed by atoms with Gasteiger partial charge in [0.1, 0.15) is 66.3 Å². The molecule has 0 spiro atoms. The molecular weight excluding hydrogens is 916 g/mol. The van der Waals surface area contributed by atoms with Gasteiger partial charge in [-0.3, -0.25) is 28.7 Å². The van der Waals surface area contributed by atoms with E-state index in [2.05, 4.69) is 9.97 Å². The summed E-state index contributed by atoms with van der Waals surface area (Å²) in [7, 11) is 0.142. The van der Waals surface area contributed by atoms with Crippen LogP contribution in [0.3, 0.4) is 0 Å². The van der Waals surface area contributed by atoms with Gasteiger partial charge in [-0.25, -0.2) is 14.4 Å². The number of para-hydroxylation sites is 1. The second-order valence-electron chi connectivity index (χ2n) is 16.3. The van der Waals surface area contributed by atoms with Crippen LogP contribution in [-0.4, -0.2) is 83.5 Å². The molecule has 1 unspecified atom stereocenters. The predicted octanol–water partition coefficient (Wildman–Crippen LogP) is 5.35. The highest BCUT2D eigenvalue weighted by Gasteiger charge is 2.48. The van der Waals surface area contributed by atoms with Gasteiger partial charge in [-0.05, 0) is 66.9 Å². The minimum absolute atomic E-state index is 0.0363. The van der Waals surface area contributed by atoms with E-state index in [0.29, 0.717) is 17.2 Å². The van der Waals surface area contributed by atoms with Crippen LogP contribution >= 0.6 is 8.25 Å². The maximum Gasteiger partial charge on any atom is 0.697 e. The number of hydrogen-bond acceptors (Lipinski definition) is 15. The Bertz CT molecular complexity index is 2930. The first-order chi connectivity index (χ1) is 33.3. The number of carbonyl (C=O) groups excluding carboxylic acids is 1. The van der Waals surface area contributed by atoms with Crippen molar-refractivity contribution in [2.45, 2.75) is 69.2 Å². The van der Waals surface area contributed by atoms with Crippen LogP contribution < -0.4 is 36.7 Å². The van der Waals surface area contributed by atoms with Gasteiger partial charge in [-0.15, -0.1) is 9.05 Å². The molecule has 20 heteroatoms. The smallest absolute Gasteiger partial charge is 0.497 e.